The van der Waals surface area contributed by atoms with E-state index in [1.54, 1.807) is 6.07 Å². The van der Waals surface area contributed by atoms with Crippen LogP contribution in [0.3, 0.4) is 0 Å². The van der Waals surface area contributed by atoms with Crippen LogP contribution in [-0.2, 0) is 0 Å². The van der Waals surface area contributed by atoms with E-state index in [1.807, 2.05) is 6.08 Å². The van der Waals surface area contributed by atoms with Gasteiger partial charge in [-0.25, -0.2) is 14.8 Å². The molecular formula is C10H11N3O2. The zero-order valence-electron chi connectivity index (χ0n) is 8.09. The van der Waals surface area contributed by atoms with Gasteiger partial charge in [0.25, 0.3) is 0 Å². The molecule has 1 aromatic rings. The molecule has 1 saturated carbocycles. The van der Waals surface area contributed by atoms with Crippen molar-refractivity contribution in [3.8, 4) is 5.88 Å². The quantitative estimate of drug-likeness (QED) is 0.808. The van der Waals surface area contributed by atoms with Gasteiger partial charge < -0.3 is 10.5 Å². The first kappa shape index (κ1) is 9.64. The van der Waals surface area contributed by atoms with Gasteiger partial charge >= 0.3 is 6.09 Å². The van der Waals surface area contributed by atoms with Crippen molar-refractivity contribution in [1.82, 2.24) is 9.97 Å². The maximum atomic E-state index is 10.5. The smallest absolute Gasteiger partial charge is 0.391 e. The minimum atomic E-state index is -0.870. The van der Waals surface area contributed by atoms with Gasteiger partial charge in [-0.05, 0) is 24.8 Å². The van der Waals surface area contributed by atoms with Crippen molar-refractivity contribution in [2.75, 3.05) is 0 Å². The summed E-state index contributed by atoms with van der Waals surface area (Å²) in [6, 6.07) is 1.57. The maximum absolute atomic E-state index is 10.5. The lowest BCUT2D eigenvalue weighted by Gasteiger charge is -1.98. The highest BCUT2D eigenvalue weighted by Gasteiger charge is 2.17. The highest BCUT2D eigenvalue weighted by molar-refractivity contribution is 5.67. The number of hydrogen-bond acceptors (Lipinski definition) is 4. The van der Waals surface area contributed by atoms with Crippen molar-refractivity contribution in [3.63, 3.8) is 0 Å². The van der Waals surface area contributed by atoms with E-state index < -0.39 is 6.09 Å². The largest absolute Gasteiger partial charge is 0.411 e. The third-order valence-corrected chi connectivity index (χ3v) is 2.03. The van der Waals surface area contributed by atoms with E-state index in [0.717, 1.165) is 0 Å². The van der Waals surface area contributed by atoms with Crippen LogP contribution in [0.15, 0.2) is 18.5 Å². The molecule has 0 bridgehead atoms. The molecule has 1 aliphatic carbocycles. The highest BCUT2D eigenvalue weighted by atomic mass is 16.6. The highest BCUT2D eigenvalue weighted by Crippen LogP contribution is 2.30. The zero-order chi connectivity index (χ0) is 10.7. The number of aromatic nitrogens is 2. The summed E-state index contributed by atoms with van der Waals surface area (Å²) in [6.07, 6.45) is 6.94. The summed E-state index contributed by atoms with van der Waals surface area (Å²) in [6.45, 7) is 0. The predicted molar refractivity (Wildman–Crippen MR) is 54.0 cm³/mol. The Morgan fingerprint density at radius 2 is 2.33 bits per heavy atom. The molecule has 0 aromatic carbocycles. The van der Waals surface area contributed by atoms with Gasteiger partial charge in [0.1, 0.15) is 6.33 Å². The van der Waals surface area contributed by atoms with Crippen LogP contribution in [0.2, 0.25) is 0 Å². The average Bonchev–Trinajstić information content (AvgIpc) is 2.97. The second-order valence-electron chi connectivity index (χ2n) is 3.40. The fraction of sp³-hybridized carbons (Fsp3) is 0.300. The molecule has 2 rings (SSSR count). The topological polar surface area (TPSA) is 78.1 Å². The zero-order valence-corrected chi connectivity index (χ0v) is 8.09. The summed E-state index contributed by atoms with van der Waals surface area (Å²) < 4.78 is 4.63. The lowest BCUT2D eigenvalue weighted by atomic mass is 10.3. The van der Waals surface area contributed by atoms with E-state index in [2.05, 4.69) is 20.8 Å². The Morgan fingerprint density at radius 3 is 3.00 bits per heavy atom. The molecule has 5 nitrogen and oxygen atoms in total. The molecule has 0 unspecified atom stereocenters. The van der Waals surface area contributed by atoms with Gasteiger partial charge in [-0.2, -0.15) is 0 Å². The van der Waals surface area contributed by atoms with E-state index in [9.17, 15) is 4.79 Å². The molecule has 0 atom stereocenters. The molecule has 1 aliphatic rings. The van der Waals surface area contributed by atoms with Crippen molar-refractivity contribution in [2.24, 2.45) is 11.7 Å². The van der Waals surface area contributed by atoms with Crippen LogP contribution in [0, 0.1) is 5.92 Å². The molecule has 2 N–H and O–H groups in total. The first-order chi connectivity index (χ1) is 7.24. The predicted octanol–water partition coefficient (Wildman–Crippen LogP) is 1.36. The molecular weight excluding hydrogens is 194 g/mol. The van der Waals surface area contributed by atoms with E-state index in [1.165, 1.54) is 19.2 Å². The van der Waals surface area contributed by atoms with Crippen LogP contribution in [0.5, 0.6) is 5.88 Å². The van der Waals surface area contributed by atoms with Gasteiger partial charge in [0.05, 0.1) is 5.69 Å². The third-order valence-electron chi connectivity index (χ3n) is 2.03. The molecule has 0 aliphatic heterocycles. The van der Waals surface area contributed by atoms with Gasteiger partial charge in [0.2, 0.25) is 5.88 Å². The summed E-state index contributed by atoms with van der Waals surface area (Å²) in [5.41, 5.74) is 5.58. The fourth-order valence-corrected chi connectivity index (χ4v) is 1.13. The lowest BCUT2D eigenvalue weighted by molar-refractivity contribution is 0.209. The summed E-state index contributed by atoms with van der Waals surface area (Å²) in [5.74, 6) is 0.855. The molecule has 1 heterocycles. The van der Waals surface area contributed by atoms with Gasteiger partial charge in [0, 0.05) is 6.07 Å². The SMILES string of the molecule is NC(=O)Oc1cc(C=CC2CC2)ncn1. The Hall–Kier alpha value is -1.91. The van der Waals surface area contributed by atoms with Crippen LogP contribution in [-0.4, -0.2) is 16.1 Å². The molecule has 15 heavy (non-hydrogen) atoms. The van der Waals surface area contributed by atoms with Gasteiger partial charge in [-0.3, -0.25) is 0 Å². The Labute approximate surface area is 87.0 Å². The maximum Gasteiger partial charge on any atom is 0.411 e. The van der Waals surface area contributed by atoms with Crippen molar-refractivity contribution in [1.29, 1.82) is 0 Å². The standard InChI is InChI=1S/C10H11N3O2/c11-10(14)15-9-5-8(12-6-13-9)4-3-7-1-2-7/h3-7H,1-2H2,(H2,11,14). The molecule has 0 spiro atoms. The Kier molecular flexibility index (Phi) is 2.62. The number of hydrogen-bond donors (Lipinski definition) is 1. The van der Waals surface area contributed by atoms with Crippen molar-refractivity contribution in [2.45, 2.75) is 12.8 Å². The van der Waals surface area contributed by atoms with E-state index in [4.69, 9.17) is 5.73 Å². The fourth-order valence-electron chi connectivity index (χ4n) is 1.13. The minimum absolute atomic E-state index is 0.174. The van der Waals surface area contributed by atoms with Crippen LogP contribution >= 0.6 is 0 Å². The molecule has 0 radical (unpaired) electrons. The number of carbonyl (C=O) groups is 1. The van der Waals surface area contributed by atoms with Gasteiger partial charge in [-0.15, -0.1) is 0 Å². The van der Waals surface area contributed by atoms with Gasteiger partial charge in [-0.1, -0.05) is 6.08 Å². The average molecular weight is 205 g/mol. The number of primary amides is 1. The second-order valence-corrected chi connectivity index (χ2v) is 3.40. The van der Waals surface area contributed by atoms with Crippen molar-refractivity contribution < 1.29 is 9.53 Å². The lowest BCUT2D eigenvalue weighted by Crippen LogP contribution is -2.17. The normalized spacial score (nSPS) is 15.5. The summed E-state index contributed by atoms with van der Waals surface area (Å²) in [7, 11) is 0. The Balaban J connectivity index is 2.07. The third kappa shape index (κ3) is 3.05. The number of amides is 1. The number of nitrogens with two attached hydrogens (primary N) is 1. The number of ether oxygens (including phenoxy) is 1. The molecule has 5 heteroatoms. The summed E-state index contributed by atoms with van der Waals surface area (Å²) in [5, 5.41) is 0. The first-order valence-electron chi connectivity index (χ1n) is 4.71. The van der Waals surface area contributed by atoms with Gasteiger partial charge in [0.15, 0.2) is 0 Å². The minimum Gasteiger partial charge on any atom is -0.391 e. The Morgan fingerprint density at radius 1 is 1.53 bits per heavy atom. The molecule has 1 fully saturated rings. The van der Waals surface area contributed by atoms with Crippen LogP contribution < -0.4 is 10.5 Å². The van der Waals surface area contributed by atoms with Crippen molar-refractivity contribution >= 4 is 12.2 Å². The monoisotopic (exact) mass is 205 g/mol. The first-order valence-corrected chi connectivity index (χ1v) is 4.71. The Bertz CT molecular complexity index is 399. The van der Waals surface area contributed by atoms with Crippen LogP contribution in [0.1, 0.15) is 18.5 Å². The van der Waals surface area contributed by atoms with Crippen molar-refractivity contribution in [3.05, 3.63) is 24.2 Å². The van der Waals surface area contributed by atoms with Crippen LogP contribution in [0.4, 0.5) is 4.79 Å². The van der Waals surface area contributed by atoms with E-state index >= 15 is 0 Å². The second kappa shape index (κ2) is 4.08. The number of rotatable bonds is 3. The molecule has 0 saturated heterocycles. The molecule has 78 valence electrons. The number of nitrogens with zero attached hydrogens (tertiary/aromatic N) is 2. The number of carbonyl (C=O) groups excluding carboxylic acids is 1. The van der Waals surface area contributed by atoms with Crippen LogP contribution in [0.25, 0.3) is 6.08 Å². The summed E-state index contributed by atoms with van der Waals surface area (Å²) in [4.78, 5) is 18.2. The molecule has 1 amide bonds. The van der Waals surface area contributed by atoms with E-state index in [-0.39, 0.29) is 5.88 Å². The number of allylic oxidation sites excluding steroid dienone is 1. The van der Waals surface area contributed by atoms with E-state index in [0.29, 0.717) is 11.6 Å². The summed E-state index contributed by atoms with van der Waals surface area (Å²) >= 11 is 0. The molecule has 1 aromatic heterocycles.